The van der Waals surface area contributed by atoms with Crippen molar-refractivity contribution in [3.63, 3.8) is 0 Å². The third-order valence-electron chi connectivity index (χ3n) is 1.49. The number of carboxylic acid groups (broad SMARTS) is 1. The van der Waals surface area contributed by atoms with Crippen LogP contribution in [0.4, 0.5) is 0 Å². The molecule has 1 heterocycles. The summed E-state index contributed by atoms with van der Waals surface area (Å²) in [7, 11) is 1.23. The monoisotopic (exact) mass is 208 g/mol. The normalized spacial score (nSPS) is 8.87. The maximum absolute atomic E-state index is 11.1. The van der Waals surface area contributed by atoms with E-state index in [9.17, 15) is 9.59 Å². The molecule has 0 unspecified atom stereocenters. The van der Waals surface area contributed by atoms with Gasteiger partial charge in [0, 0.05) is 0 Å². The van der Waals surface area contributed by atoms with E-state index < -0.39 is 11.9 Å². The molecule has 6 nitrogen and oxygen atoms in total. The molecule has 1 aromatic heterocycles. The molecule has 0 bridgehead atoms. The fraction of sp³-hybridized carbons (Fsp3) is 0.222. The van der Waals surface area contributed by atoms with Crippen molar-refractivity contribution in [3.05, 3.63) is 17.5 Å². The van der Waals surface area contributed by atoms with E-state index in [2.05, 4.69) is 26.8 Å². The van der Waals surface area contributed by atoms with Gasteiger partial charge in [-0.2, -0.15) is 5.10 Å². The van der Waals surface area contributed by atoms with E-state index in [1.807, 2.05) is 0 Å². The van der Waals surface area contributed by atoms with Gasteiger partial charge < -0.3 is 9.84 Å². The zero-order valence-electron chi connectivity index (χ0n) is 7.90. The zero-order valence-corrected chi connectivity index (χ0v) is 7.90. The summed E-state index contributed by atoms with van der Waals surface area (Å²) >= 11 is 0. The molecule has 0 saturated heterocycles. The first kappa shape index (κ1) is 10.8. The van der Waals surface area contributed by atoms with Crippen LogP contribution in [-0.2, 0) is 9.53 Å². The number of carboxylic acids is 1. The number of hydrogen-bond acceptors (Lipinski definition) is 4. The molecule has 0 atom stereocenters. The smallest absolute Gasteiger partial charge is 0.357 e. The van der Waals surface area contributed by atoms with Crippen LogP contribution in [0.3, 0.4) is 0 Å². The minimum atomic E-state index is -1.02. The molecule has 0 aromatic carbocycles. The van der Waals surface area contributed by atoms with Crippen molar-refractivity contribution < 1.29 is 19.4 Å². The molecule has 6 heteroatoms. The van der Waals surface area contributed by atoms with Crippen LogP contribution in [0.2, 0.25) is 0 Å². The van der Waals surface area contributed by atoms with Crippen molar-refractivity contribution in [1.82, 2.24) is 10.2 Å². The third kappa shape index (κ3) is 2.84. The van der Waals surface area contributed by atoms with Crippen LogP contribution < -0.4 is 0 Å². The predicted molar refractivity (Wildman–Crippen MR) is 49.1 cm³/mol. The molecule has 0 fully saturated rings. The number of H-pyrrole nitrogens is 1. The molecule has 0 spiro atoms. The molecule has 0 aliphatic rings. The van der Waals surface area contributed by atoms with Crippen molar-refractivity contribution in [2.75, 3.05) is 7.11 Å². The quantitative estimate of drug-likeness (QED) is 0.528. The van der Waals surface area contributed by atoms with Gasteiger partial charge in [0.2, 0.25) is 0 Å². The lowest BCUT2D eigenvalue weighted by atomic mass is 10.2. The number of aromatic nitrogens is 2. The Morgan fingerprint density at radius 2 is 2.40 bits per heavy atom. The number of rotatable bonds is 2. The first-order valence-corrected chi connectivity index (χ1v) is 3.97. The molecular formula is C9H8N2O4. The van der Waals surface area contributed by atoms with E-state index in [4.69, 9.17) is 5.11 Å². The highest BCUT2D eigenvalue weighted by Crippen LogP contribution is 2.03. The molecule has 2 N–H and O–H groups in total. The Morgan fingerprint density at radius 1 is 1.67 bits per heavy atom. The number of aromatic amines is 1. The van der Waals surface area contributed by atoms with Crippen LogP contribution in [0, 0.1) is 11.8 Å². The number of nitrogens with one attached hydrogen (secondary N) is 1. The molecule has 0 radical (unpaired) electrons. The molecule has 1 aromatic rings. The van der Waals surface area contributed by atoms with Gasteiger partial charge in [0.25, 0.3) is 0 Å². The van der Waals surface area contributed by atoms with E-state index in [-0.39, 0.29) is 12.1 Å². The Hall–Kier alpha value is -2.29. The van der Waals surface area contributed by atoms with E-state index in [0.29, 0.717) is 5.56 Å². The van der Waals surface area contributed by atoms with Gasteiger partial charge in [0.15, 0.2) is 5.69 Å². The summed E-state index contributed by atoms with van der Waals surface area (Å²) in [6, 6.07) is 0. The first-order chi connectivity index (χ1) is 7.15. The Labute approximate surface area is 85.2 Å². The van der Waals surface area contributed by atoms with Gasteiger partial charge in [0.05, 0.1) is 18.9 Å². The topological polar surface area (TPSA) is 92.3 Å². The highest BCUT2D eigenvalue weighted by Gasteiger charge is 2.11. The summed E-state index contributed by atoms with van der Waals surface area (Å²) in [6.07, 6.45) is 1.05. The summed E-state index contributed by atoms with van der Waals surface area (Å²) in [4.78, 5) is 21.3. The molecular weight excluding hydrogens is 200 g/mol. The third-order valence-corrected chi connectivity index (χ3v) is 1.49. The van der Waals surface area contributed by atoms with Gasteiger partial charge in [-0.3, -0.25) is 9.89 Å². The van der Waals surface area contributed by atoms with Crippen molar-refractivity contribution in [1.29, 1.82) is 0 Å². The highest BCUT2D eigenvalue weighted by atomic mass is 16.5. The summed E-state index contributed by atoms with van der Waals surface area (Å²) in [5.74, 6) is 3.29. The largest absolute Gasteiger partial charge is 0.481 e. The number of aliphatic carboxylic acids is 1. The van der Waals surface area contributed by atoms with Gasteiger partial charge in [-0.05, 0) is 0 Å². The minimum absolute atomic E-state index is 0.121. The SMILES string of the molecule is COC(=O)c1[nH]ncc1C#CCC(=O)O. The van der Waals surface area contributed by atoms with Gasteiger partial charge in [-0.25, -0.2) is 4.79 Å². The lowest BCUT2D eigenvalue weighted by molar-refractivity contribution is -0.135. The fourth-order valence-electron chi connectivity index (χ4n) is 0.854. The lowest BCUT2D eigenvalue weighted by Gasteiger charge is -1.93. The van der Waals surface area contributed by atoms with Crippen LogP contribution in [0.5, 0.6) is 0 Å². The highest BCUT2D eigenvalue weighted by molar-refractivity contribution is 5.90. The maximum atomic E-state index is 11.1. The van der Waals surface area contributed by atoms with E-state index in [1.165, 1.54) is 13.3 Å². The average molecular weight is 208 g/mol. The Kier molecular flexibility index (Phi) is 3.46. The van der Waals surface area contributed by atoms with Crippen LogP contribution >= 0.6 is 0 Å². The zero-order chi connectivity index (χ0) is 11.3. The van der Waals surface area contributed by atoms with Crippen molar-refractivity contribution in [2.45, 2.75) is 6.42 Å². The van der Waals surface area contributed by atoms with Gasteiger partial charge in [-0.1, -0.05) is 11.8 Å². The molecule has 0 amide bonds. The minimum Gasteiger partial charge on any atom is -0.481 e. The van der Waals surface area contributed by atoms with Gasteiger partial charge >= 0.3 is 11.9 Å². The number of methoxy groups -OCH3 is 1. The van der Waals surface area contributed by atoms with E-state index in [1.54, 1.807) is 0 Å². The second-order valence-electron chi connectivity index (χ2n) is 2.52. The number of nitrogens with zero attached hydrogens (tertiary/aromatic N) is 1. The van der Waals surface area contributed by atoms with Crippen LogP contribution in [-0.4, -0.2) is 34.4 Å². The Morgan fingerprint density at radius 3 is 3.00 bits per heavy atom. The average Bonchev–Trinajstić information content (AvgIpc) is 2.64. The second kappa shape index (κ2) is 4.81. The molecule has 15 heavy (non-hydrogen) atoms. The predicted octanol–water partition coefficient (Wildman–Crippen LogP) is 0.0225. The van der Waals surface area contributed by atoms with Crippen LogP contribution in [0.25, 0.3) is 0 Å². The fourth-order valence-corrected chi connectivity index (χ4v) is 0.854. The first-order valence-electron chi connectivity index (χ1n) is 3.97. The van der Waals surface area contributed by atoms with Gasteiger partial charge in [-0.15, -0.1) is 0 Å². The maximum Gasteiger partial charge on any atom is 0.357 e. The summed E-state index contributed by atoms with van der Waals surface area (Å²) in [5, 5.41) is 14.4. The number of carbonyl (C=O) groups is 2. The summed E-state index contributed by atoms with van der Waals surface area (Å²) in [5.41, 5.74) is 0.443. The van der Waals surface area contributed by atoms with E-state index in [0.717, 1.165) is 0 Å². The molecule has 0 saturated carbocycles. The van der Waals surface area contributed by atoms with Crippen LogP contribution in [0.15, 0.2) is 6.20 Å². The number of ether oxygens (including phenoxy) is 1. The number of hydrogen-bond donors (Lipinski definition) is 2. The Balaban J connectivity index is 2.85. The number of carbonyl (C=O) groups excluding carboxylic acids is 1. The molecule has 78 valence electrons. The Bertz CT molecular complexity index is 438. The second-order valence-corrected chi connectivity index (χ2v) is 2.52. The van der Waals surface area contributed by atoms with Crippen LogP contribution in [0.1, 0.15) is 22.5 Å². The number of esters is 1. The molecule has 0 aliphatic carbocycles. The standard InChI is InChI=1S/C9H8N2O4/c1-15-9(14)8-6(5-10-11-8)3-2-4-7(12)13/h5H,4H2,1H3,(H,10,11)(H,12,13). The lowest BCUT2D eigenvalue weighted by Crippen LogP contribution is -2.03. The van der Waals surface area contributed by atoms with Crippen molar-refractivity contribution in [2.24, 2.45) is 0 Å². The van der Waals surface area contributed by atoms with E-state index >= 15 is 0 Å². The molecule has 0 aliphatic heterocycles. The summed E-state index contributed by atoms with van der Waals surface area (Å²) < 4.78 is 4.47. The van der Waals surface area contributed by atoms with Crippen molar-refractivity contribution >= 4 is 11.9 Å². The molecule has 1 rings (SSSR count). The van der Waals surface area contributed by atoms with Gasteiger partial charge in [0.1, 0.15) is 6.42 Å². The van der Waals surface area contributed by atoms with Crippen molar-refractivity contribution in [3.8, 4) is 11.8 Å². The summed E-state index contributed by atoms with van der Waals surface area (Å²) in [6.45, 7) is 0.